The minimum Gasteiger partial charge on any atom is -0.494 e. The number of aliphatic hydroxyl groups excluding tert-OH is 1. The summed E-state index contributed by atoms with van der Waals surface area (Å²) in [5.74, 6) is 1.67. The van der Waals surface area contributed by atoms with Crippen LogP contribution in [0.4, 0.5) is 0 Å². The van der Waals surface area contributed by atoms with Gasteiger partial charge in [-0.25, -0.2) is 4.57 Å². The topological polar surface area (TPSA) is 110 Å². The molecule has 7 nitrogen and oxygen atoms in total. The molecule has 1 aliphatic carbocycles. The molecule has 1 heterocycles. The number of piperidine rings is 1. The Morgan fingerprint density at radius 1 is 1.12 bits per heavy atom. The van der Waals surface area contributed by atoms with E-state index in [1.54, 1.807) is 0 Å². The van der Waals surface area contributed by atoms with Crippen molar-refractivity contribution in [2.45, 2.75) is 44.1 Å². The minimum absolute atomic E-state index is 0.293. The highest BCUT2D eigenvalue weighted by Gasteiger charge is 2.47. The molecule has 176 valence electrons. The summed E-state index contributed by atoms with van der Waals surface area (Å²) in [5, 5.41) is 10.6. The normalized spacial score (nSPS) is 24.2. The van der Waals surface area contributed by atoms with Crippen molar-refractivity contribution >= 4 is 7.82 Å². The SMILES string of the molecule is CCOc1cccc(C23CCCC2CN(CC(O)c2ccccc2)CC3)c1.O=P(O)(O)O. The van der Waals surface area contributed by atoms with Gasteiger partial charge in [-0.1, -0.05) is 48.9 Å². The van der Waals surface area contributed by atoms with Crippen molar-refractivity contribution in [3.05, 3.63) is 65.7 Å². The first kappa shape index (κ1) is 24.9. The van der Waals surface area contributed by atoms with Gasteiger partial charge in [0, 0.05) is 18.5 Å². The monoisotopic (exact) mass is 463 g/mol. The van der Waals surface area contributed by atoms with E-state index in [1.807, 2.05) is 37.3 Å². The van der Waals surface area contributed by atoms with Crippen molar-refractivity contribution in [1.29, 1.82) is 0 Å². The summed E-state index contributed by atoms with van der Waals surface area (Å²) in [6, 6.07) is 18.8. The van der Waals surface area contributed by atoms with Gasteiger partial charge in [0.2, 0.25) is 0 Å². The Morgan fingerprint density at radius 3 is 2.53 bits per heavy atom. The zero-order valence-corrected chi connectivity index (χ0v) is 19.4. The number of β-amino-alcohol motifs (C(OH)–C–C–N with tert-alkyl or cyclic N) is 1. The van der Waals surface area contributed by atoms with Gasteiger partial charge >= 0.3 is 7.82 Å². The Balaban J connectivity index is 0.000000523. The average Bonchev–Trinajstić information content (AvgIpc) is 3.18. The van der Waals surface area contributed by atoms with Crippen molar-refractivity contribution in [2.75, 3.05) is 26.2 Å². The lowest BCUT2D eigenvalue weighted by atomic mass is 9.67. The summed E-state index contributed by atoms with van der Waals surface area (Å²) in [5.41, 5.74) is 2.77. The molecule has 4 N–H and O–H groups in total. The summed E-state index contributed by atoms with van der Waals surface area (Å²) in [6.07, 6.45) is 4.65. The van der Waals surface area contributed by atoms with Crippen LogP contribution in [0.15, 0.2) is 54.6 Å². The molecule has 1 aliphatic heterocycles. The van der Waals surface area contributed by atoms with Gasteiger partial charge < -0.3 is 29.4 Å². The summed E-state index contributed by atoms with van der Waals surface area (Å²) in [4.78, 5) is 24.0. The molecule has 1 saturated heterocycles. The van der Waals surface area contributed by atoms with Crippen molar-refractivity contribution in [2.24, 2.45) is 5.92 Å². The Labute approximate surface area is 189 Å². The molecule has 0 radical (unpaired) electrons. The molecule has 0 bridgehead atoms. The average molecular weight is 464 g/mol. The summed E-state index contributed by atoms with van der Waals surface area (Å²) < 4.78 is 14.6. The lowest BCUT2D eigenvalue weighted by Crippen LogP contribution is -2.48. The molecule has 2 aromatic rings. The standard InChI is InChI=1S/C24H31NO2.H3O4P/c1-2-27-22-12-6-10-20(16-22)24-13-7-11-21(24)17-25(15-14-24)18-23(26)19-8-4-3-5-9-19;1-5(2,3)4/h3-6,8-10,12,16,21,23,26H,2,7,11,13-15,17-18H2,1H3;(H3,1,2,3,4). The van der Waals surface area contributed by atoms with Crippen LogP contribution in [-0.2, 0) is 9.98 Å². The fraction of sp³-hybridized carbons (Fsp3) is 0.500. The first-order valence-corrected chi connectivity index (χ1v) is 12.7. The van der Waals surface area contributed by atoms with Gasteiger partial charge in [0.25, 0.3) is 0 Å². The van der Waals surface area contributed by atoms with Gasteiger partial charge in [-0.05, 0) is 61.9 Å². The third-order valence-electron chi connectivity index (χ3n) is 6.65. The molecule has 0 aromatic heterocycles. The summed E-state index contributed by atoms with van der Waals surface area (Å²) >= 11 is 0. The highest BCUT2D eigenvalue weighted by atomic mass is 31.2. The molecule has 32 heavy (non-hydrogen) atoms. The van der Waals surface area contributed by atoms with E-state index in [4.69, 9.17) is 24.0 Å². The zero-order chi connectivity index (χ0) is 23.2. The van der Waals surface area contributed by atoms with Gasteiger partial charge in [-0.3, -0.25) is 0 Å². The largest absolute Gasteiger partial charge is 0.494 e. The fourth-order valence-electron chi connectivity index (χ4n) is 5.28. The predicted molar refractivity (Wildman–Crippen MR) is 123 cm³/mol. The number of hydrogen-bond acceptors (Lipinski definition) is 4. The minimum atomic E-state index is -4.64. The van der Waals surface area contributed by atoms with Crippen LogP contribution in [0.25, 0.3) is 0 Å². The van der Waals surface area contributed by atoms with Gasteiger partial charge in [-0.2, -0.15) is 0 Å². The van der Waals surface area contributed by atoms with Gasteiger partial charge in [-0.15, -0.1) is 0 Å². The van der Waals surface area contributed by atoms with E-state index < -0.39 is 13.9 Å². The van der Waals surface area contributed by atoms with Crippen molar-refractivity contribution in [3.8, 4) is 5.75 Å². The number of ether oxygens (including phenoxy) is 1. The van der Waals surface area contributed by atoms with Crippen LogP contribution in [-0.4, -0.2) is 50.9 Å². The zero-order valence-electron chi connectivity index (χ0n) is 18.5. The molecular formula is C24H34NO6P. The Bertz CT molecular complexity index is 896. The lowest BCUT2D eigenvalue weighted by molar-refractivity contribution is 0.0579. The van der Waals surface area contributed by atoms with Crippen molar-refractivity contribution in [1.82, 2.24) is 4.90 Å². The number of hydrogen-bond donors (Lipinski definition) is 4. The van der Waals surface area contributed by atoms with E-state index in [2.05, 4.69) is 29.2 Å². The number of fused-ring (bicyclic) bond motifs is 1. The van der Waals surface area contributed by atoms with Crippen LogP contribution in [0.1, 0.15) is 49.8 Å². The van der Waals surface area contributed by atoms with Crippen LogP contribution >= 0.6 is 7.82 Å². The van der Waals surface area contributed by atoms with Crippen LogP contribution in [0, 0.1) is 5.92 Å². The maximum atomic E-state index is 10.6. The van der Waals surface area contributed by atoms with Crippen LogP contribution in [0.2, 0.25) is 0 Å². The smallest absolute Gasteiger partial charge is 0.466 e. The molecule has 3 atom stereocenters. The third-order valence-corrected chi connectivity index (χ3v) is 6.65. The number of rotatable bonds is 6. The molecule has 0 spiro atoms. The Morgan fingerprint density at radius 2 is 1.84 bits per heavy atom. The molecule has 1 saturated carbocycles. The van der Waals surface area contributed by atoms with E-state index in [0.29, 0.717) is 17.9 Å². The highest BCUT2D eigenvalue weighted by Crippen LogP contribution is 2.51. The first-order valence-electron chi connectivity index (χ1n) is 11.2. The van der Waals surface area contributed by atoms with Gasteiger partial charge in [0.15, 0.2) is 0 Å². The fourth-order valence-corrected chi connectivity index (χ4v) is 5.28. The van der Waals surface area contributed by atoms with Crippen molar-refractivity contribution in [3.63, 3.8) is 0 Å². The van der Waals surface area contributed by atoms with Crippen LogP contribution < -0.4 is 4.74 Å². The maximum absolute atomic E-state index is 10.6. The number of benzene rings is 2. The molecule has 8 heteroatoms. The summed E-state index contributed by atoms with van der Waals surface area (Å²) in [6.45, 7) is 5.63. The molecule has 2 aromatic carbocycles. The molecule has 2 aliphatic rings. The van der Waals surface area contributed by atoms with E-state index >= 15 is 0 Å². The lowest BCUT2D eigenvalue weighted by Gasteiger charge is -2.45. The second-order valence-corrected chi connectivity index (χ2v) is 9.68. The quantitative estimate of drug-likeness (QED) is 0.484. The van der Waals surface area contributed by atoms with Crippen LogP contribution in [0.3, 0.4) is 0 Å². The van der Waals surface area contributed by atoms with E-state index in [0.717, 1.165) is 30.9 Å². The second kappa shape index (κ2) is 10.9. The number of likely N-dealkylation sites (tertiary alicyclic amines) is 1. The second-order valence-electron chi connectivity index (χ2n) is 8.66. The third kappa shape index (κ3) is 6.64. The van der Waals surface area contributed by atoms with Crippen LogP contribution in [0.5, 0.6) is 5.75 Å². The first-order chi connectivity index (χ1) is 15.2. The molecule has 3 unspecified atom stereocenters. The van der Waals surface area contributed by atoms with Gasteiger partial charge in [0.1, 0.15) is 5.75 Å². The predicted octanol–water partition coefficient (Wildman–Crippen LogP) is 3.63. The van der Waals surface area contributed by atoms with Gasteiger partial charge in [0.05, 0.1) is 12.7 Å². The Hall–Kier alpha value is -1.73. The van der Waals surface area contributed by atoms with E-state index in [9.17, 15) is 5.11 Å². The Kier molecular flexibility index (Phi) is 8.50. The number of nitrogens with zero attached hydrogens (tertiary/aromatic N) is 1. The highest BCUT2D eigenvalue weighted by molar-refractivity contribution is 7.45. The van der Waals surface area contributed by atoms with E-state index in [1.165, 1.54) is 31.2 Å². The molecule has 0 amide bonds. The maximum Gasteiger partial charge on any atom is 0.466 e. The number of aliphatic hydroxyl groups is 1. The molecular weight excluding hydrogens is 429 g/mol. The van der Waals surface area contributed by atoms with Crippen molar-refractivity contribution < 1.29 is 29.1 Å². The molecule has 2 fully saturated rings. The molecule has 4 rings (SSSR count). The van der Waals surface area contributed by atoms with E-state index in [-0.39, 0.29) is 0 Å². The number of phosphoric acid groups is 1. The summed E-state index contributed by atoms with van der Waals surface area (Å²) in [7, 11) is -4.64.